The summed E-state index contributed by atoms with van der Waals surface area (Å²) in [5, 5.41) is 20.1. The summed E-state index contributed by atoms with van der Waals surface area (Å²) in [5.74, 6) is 0.462. The van der Waals surface area contributed by atoms with Crippen LogP contribution in [0.2, 0.25) is 0 Å². The number of aromatic nitrogens is 7. The zero-order valence-electron chi connectivity index (χ0n) is 21.0. The van der Waals surface area contributed by atoms with Crippen LogP contribution in [0.3, 0.4) is 0 Å². The lowest BCUT2D eigenvalue weighted by molar-refractivity contribution is 0.473. The molecule has 192 valence electrons. The Labute approximate surface area is 218 Å². The SMILES string of the molecule is C[C@@H](c1cnn(Cc2ccccc2)c(=O)c1C1CCCC1)n1nc(-c2cncc(O)c2)c2c(N)ncnc21. The molecule has 1 aromatic carbocycles. The van der Waals surface area contributed by atoms with Crippen molar-refractivity contribution in [3.63, 3.8) is 0 Å². The van der Waals surface area contributed by atoms with Crippen LogP contribution in [0, 0.1) is 0 Å². The van der Waals surface area contributed by atoms with E-state index in [9.17, 15) is 9.90 Å². The Morgan fingerprint density at radius 3 is 2.66 bits per heavy atom. The molecular weight excluding hydrogens is 480 g/mol. The van der Waals surface area contributed by atoms with Gasteiger partial charge in [-0.1, -0.05) is 43.2 Å². The lowest BCUT2D eigenvalue weighted by Gasteiger charge is -2.21. The van der Waals surface area contributed by atoms with Crippen LogP contribution in [-0.2, 0) is 6.54 Å². The predicted octanol–water partition coefficient (Wildman–Crippen LogP) is 4.05. The zero-order chi connectivity index (χ0) is 26.2. The molecule has 0 saturated heterocycles. The van der Waals surface area contributed by atoms with Gasteiger partial charge in [0.15, 0.2) is 5.65 Å². The van der Waals surface area contributed by atoms with Crippen LogP contribution in [0.5, 0.6) is 5.75 Å². The maximum atomic E-state index is 13.9. The standard InChI is InChI=1S/C28H28N8O2/c1-17(36-27-24(26(29)31-16-32-27)25(34-36)20-11-21(37)13-30-12-20)22-14-33-35(15-18-7-3-2-4-8-18)28(38)23(22)19-9-5-6-10-19/h2-4,7-8,11-14,16-17,19,37H,5-6,9-10,15H2,1H3,(H2,29,31,32)/t17-/m0/s1. The molecule has 1 saturated carbocycles. The first-order chi connectivity index (χ1) is 18.5. The first kappa shape index (κ1) is 23.8. The van der Waals surface area contributed by atoms with Crippen molar-refractivity contribution < 1.29 is 5.11 Å². The third-order valence-electron chi connectivity index (χ3n) is 7.38. The molecule has 1 fully saturated rings. The second kappa shape index (κ2) is 9.70. The van der Waals surface area contributed by atoms with Crippen molar-refractivity contribution in [2.75, 3.05) is 5.73 Å². The summed E-state index contributed by atoms with van der Waals surface area (Å²) in [6, 6.07) is 11.1. The normalized spacial score (nSPS) is 14.8. The molecule has 10 nitrogen and oxygen atoms in total. The third kappa shape index (κ3) is 4.17. The Morgan fingerprint density at radius 2 is 1.89 bits per heavy atom. The van der Waals surface area contributed by atoms with Gasteiger partial charge in [-0.05, 0) is 37.3 Å². The summed E-state index contributed by atoms with van der Waals surface area (Å²) in [6.45, 7) is 2.41. The van der Waals surface area contributed by atoms with Gasteiger partial charge in [0.1, 0.15) is 23.6 Å². The molecule has 1 atom stereocenters. The molecule has 5 aromatic rings. The van der Waals surface area contributed by atoms with Crippen LogP contribution in [-0.4, -0.2) is 39.6 Å². The number of nitrogen functional groups attached to an aromatic ring is 1. The second-order valence-corrected chi connectivity index (χ2v) is 9.80. The molecule has 1 aliphatic carbocycles. The van der Waals surface area contributed by atoms with Gasteiger partial charge in [-0.25, -0.2) is 19.3 Å². The van der Waals surface area contributed by atoms with Crippen LogP contribution in [0.25, 0.3) is 22.3 Å². The van der Waals surface area contributed by atoms with E-state index in [4.69, 9.17) is 10.8 Å². The lowest BCUT2D eigenvalue weighted by Crippen LogP contribution is -2.31. The van der Waals surface area contributed by atoms with E-state index in [0.29, 0.717) is 28.8 Å². The maximum Gasteiger partial charge on any atom is 0.270 e. The largest absolute Gasteiger partial charge is 0.506 e. The molecule has 4 aromatic heterocycles. The van der Waals surface area contributed by atoms with E-state index in [0.717, 1.165) is 42.4 Å². The van der Waals surface area contributed by atoms with Crippen molar-refractivity contribution in [2.24, 2.45) is 0 Å². The molecule has 0 radical (unpaired) electrons. The third-order valence-corrected chi connectivity index (χ3v) is 7.38. The number of pyridine rings is 1. The average Bonchev–Trinajstić information content (AvgIpc) is 3.59. The number of anilines is 1. The van der Waals surface area contributed by atoms with Crippen molar-refractivity contribution in [3.05, 3.63) is 88.4 Å². The van der Waals surface area contributed by atoms with E-state index < -0.39 is 0 Å². The summed E-state index contributed by atoms with van der Waals surface area (Å²) in [4.78, 5) is 26.7. The predicted molar refractivity (Wildman–Crippen MR) is 144 cm³/mol. The van der Waals surface area contributed by atoms with Gasteiger partial charge < -0.3 is 10.8 Å². The summed E-state index contributed by atoms with van der Waals surface area (Å²) in [5.41, 5.74) is 10.5. The van der Waals surface area contributed by atoms with Crippen LogP contribution in [0.1, 0.15) is 61.3 Å². The molecule has 0 unspecified atom stereocenters. The minimum absolute atomic E-state index is 0.0171. The van der Waals surface area contributed by atoms with Crippen LogP contribution < -0.4 is 11.3 Å². The smallest absolute Gasteiger partial charge is 0.270 e. The van der Waals surface area contributed by atoms with Crippen molar-refractivity contribution in [1.82, 2.24) is 34.5 Å². The lowest BCUT2D eigenvalue weighted by atomic mass is 9.92. The highest BCUT2D eigenvalue weighted by molar-refractivity contribution is 5.98. The highest BCUT2D eigenvalue weighted by Crippen LogP contribution is 2.38. The van der Waals surface area contributed by atoms with Crippen molar-refractivity contribution in [2.45, 2.75) is 51.1 Å². The topological polar surface area (TPSA) is 138 Å². The highest BCUT2D eigenvalue weighted by Gasteiger charge is 2.29. The molecule has 3 N–H and O–H groups in total. The van der Waals surface area contributed by atoms with Gasteiger partial charge in [-0.3, -0.25) is 9.78 Å². The van der Waals surface area contributed by atoms with Gasteiger partial charge >= 0.3 is 0 Å². The Balaban J connectivity index is 1.50. The number of hydrogen-bond acceptors (Lipinski definition) is 8. The molecule has 1 aliphatic rings. The molecule has 6 rings (SSSR count). The minimum atomic E-state index is -0.354. The van der Waals surface area contributed by atoms with Crippen LogP contribution in [0.15, 0.2) is 66.1 Å². The monoisotopic (exact) mass is 508 g/mol. The van der Waals surface area contributed by atoms with Crippen LogP contribution >= 0.6 is 0 Å². The summed E-state index contributed by atoms with van der Waals surface area (Å²) < 4.78 is 3.33. The number of rotatable bonds is 6. The zero-order valence-corrected chi connectivity index (χ0v) is 21.0. The van der Waals surface area contributed by atoms with Gasteiger partial charge in [-0.2, -0.15) is 10.2 Å². The molecule has 0 amide bonds. The number of benzene rings is 1. The van der Waals surface area contributed by atoms with E-state index in [1.54, 1.807) is 27.8 Å². The highest BCUT2D eigenvalue weighted by atomic mass is 16.3. The molecule has 0 aliphatic heterocycles. The fraction of sp³-hybridized carbons (Fsp3) is 0.286. The molecule has 0 spiro atoms. The van der Waals surface area contributed by atoms with Gasteiger partial charge in [-0.15, -0.1) is 0 Å². The van der Waals surface area contributed by atoms with Crippen molar-refractivity contribution >= 4 is 16.9 Å². The first-order valence-corrected chi connectivity index (χ1v) is 12.8. The molecule has 4 heterocycles. The van der Waals surface area contributed by atoms with Crippen LogP contribution in [0.4, 0.5) is 5.82 Å². The number of hydrogen-bond donors (Lipinski definition) is 2. The molecule has 38 heavy (non-hydrogen) atoms. The Bertz CT molecular complexity index is 1670. The van der Waals surface area contributed by atoms with Crippen molar-refractivity contribution in [3.8, 4) is 17.0 Å². The van der Waals surface area contributed by atoms with Gasteiger partial charge in [0.25, 0.3) is 5.56 Å². The minimum Gasteiger partial charge on any atom is -0.506 e. The van der Waals surface area contributed by atoms with E-state index in [1.807, 2.05) is 37.3 Å². The average molecular weight is 509 g/mol. The molecular formula is C28H28N8O2. The maximum absolute atomic E-state index is 13.9. The molecule has 0 bridgehead atoms. The number of nitrogens with zero attached hydrogens (tertiary/aromatic N) is 7. The second-order valence-electron chi connectivity index (χ2n) is 9.80. The fourth-order valence-electron chi connectivity index (χ4n) is 5.50. The quantitative estimate of drug-likeness (QED) is 0.350. The summed E-state index contributed by atoms with van der Waals surface area (Å²) in [7, 11) is 0. The van der Waals surface area contributed by atoms with Crippen molar-refractivity contribution in [1.29, 1.82) is 0 Å². The number of fused-ring (bicyclic) bond motifs is 1. The van der Waals surface area contributed by atoms with E-state index in [-0.39, 0.29) is 29.1 Å². The summed E-state index contributed by atoms with van der Waals surface area (Å²) in [6.07, 6.45) is 10.3. The summed E-state index contributed by atoms with van der Waals surface area (Å²) >= 11 is 0. The van der Waals surface area contributed by atoms with E-state index >= 15 is 0 Å². The van der Waals surface area contributed by atoms with Gasteiger partial charge in [0.05, 0.1) is 30.4 Å². The van der Waals surface area contributed by atoms with E-state index in [2.05, 4.69) is 20.1 Å². The van der Waals surface area contributed by atoms with E-state index in [1.165, 1.54) is 12.5 Å². The van der Waals surface area contributed by atoms with Gasteiger partial charge in [0, 0.05) is 22.9 Å². The Morgan fingerprint density at radius 1 is 1.11 bits per heavy atom. The molecule has 10 heteroatoms. The first-order valence-electron chi connectivity index (χ1n) is 12.8. The Hall–Kier alpha value is -4.60. The Kier molecular flexibility index (Phi) is 6.07. The fourth-order valence-corrected chi connectivity index (χ4v) is 5.50. The van der Waals surface area contributed by atoms with Gasteiger partial charge in [0.2, 0.25) is 0 Å². The number of aromatic hydroxyl groups is 1. The number of nitrogens with two attached hydrogens (primary N) is 1.